The van der Waals surface area contributed by atoms with Gasteiger partial charge in [-0.1, -0.05) is 23.7 Å². The summed E-state index contributed by atoms with van der Waals surface area (Å²) in [5.74, 6) is 0.348. The molecule has 3 heterocycles. The van der Waals surface area contributed by atoms with E-state index in [-0.39, 0.29) is 17.7 Å². The van der Waals surface area contributed by atoms with Crippen molar-refractivity contribution >= 4 is 23.3 Å². The summed E-state index contributed by atoms with van der Waals surface area (Å²) < 4.78 is 38.7. The van der Waals surface area contributed by atoms with Crippen molar-refractivity contribution in [3.05, 3.63) is 82.3 Å². The van der Waals surface area contributed by atoms with E-state index in [1.165, 1.54) is 12.3 Å². The molecule has 1 fully saturated rings. The van der Waals surface area contributed by atoms with Gasteiger partial charge in [0.15, 0.2) is 0 Å². The van der Waals surface area contributed by atoms with Crippen LogP contribution in [0, 0.1) is 12.8 Å². The van der Waals surface area contributed by atoms with Crippen LogP contribution in [0.2, 0.25) is 5.02 Å². The van der Waals surface area contributed by atoms with Crippen molar-refractivity contribution in [2.75, 3.05) is 31.6 Å². The molecular formula is C24H23ClF3N5O. The van der Waals surface area contributed by atoms with Crippen molar-refractivity contribution in [1.29, 1.82) is 0 Å². The number of rotatable bonds is 5. The van der Waals surface area contributed by atoms with E-state index in [4.69, 9.17) is 11.6 Å². The van der Waals surface area contributed by atoms with Crippen LogP contribution in [0.25, 0.3) is 0 Å². The lowest BCUT2D eigenvalue weighted by Gasteiger charge is -2.26. The Balaban J connectivity index is 1.56. The van der Waals surface area contributed by atoms with Crippen LogP contribution in [0.1, 0.15) is 33.1 Å². The van der Waals surface area contributed by atoms with Crippen LogP contribution in [0.4, 0.5) is 19.0 Å². The van der Waals surface area contributed by atoms with Crippen LogP contribution in [-0.4, -0.2) is 52.7 Å². The fraction of sp³-hybridized carbons (Fsp3) is 0.333. The van der Waals surface area contributed by atoms with Crippen molar-refractivity contribution < 1.29 is 18.0 Å². The van der Waals surface area contributed by atoms with Gasteiger partial charge < -0.3 is 9.80 Å². The highest BCUT2D eigenvalue weighted by Crippen LogP contribution is 2.35. The Morgan fingerprint density at radius 3 is 2.50 bits per heavy atom. The summed E-state index contributed by atoms with van der Waals surface area (Å²) in [5.41, 5.74) is 1.38. The molecule has 1 amide bonds. The van der Waals surface area contributed by atoms with Crippen molar-refractivity contribution in [1.82, 2.24) is 20.1 Å². The smallest absolute Gasteiger partial charge is 0.359 e. The number of aromatic nitrogens is 3. The summed E-state index contributed by atoms with van der Waals surface area (Å²) in [4.78, 5) is 20.8. The summed E-state index contributed by atoms with van der Waals surface area (Å²) in [5, 5.41) is 8.42. The number of alkyl halides is 3. The summed E-state index contributed by atoms with van der Waals surface area (Å²) in [6.45, 7) is 3.27. The van der Waals surface area contributed by atoms with Gasteiger partial charge in [0.25, 0.3) is 5.91 Å². The lowest BCUT2D eigenvalue weighted by atomic mass is 9.88. The van der Waals surface area contributed by atoms with Crippen molar-refractivity contribution in [3.63, 3.8) is 0 Å². The molecule has 4 rings (SSSR count). The number of anilines is 1. The van der Waals surface area contributed by atoms with Crippen LogP contribution in [0.3, 0.4) is 0 Å². The molecule has 0 saturated carbocycles. The minimum absolute atomic E-state index is 0.0222. The number of pyridine rings is 1. The zero-order valence-electron chi connectivity index (χ0n) is 18.6. The van der Waals surface area contributed by atoms with E-state index in [9.17, 15) is 18.0 Å². The number of halogens is 4. The zero-order chi connectivity index (χ0) is 24.5. The van der Waals surface area contributed by atoms with Gasteiger partial charge in [0.1, 0.15) is 5.82 Å². The Hall–Kier alpha value is -3.20. The van der Waals surface area contributed by atoms with Crippen LogP contribution >= 0.6 is 11.6 Å². The van der Waals surface area contributed by atoms with Crippen LogP contribution in [0.5, 0.6) is 0 Å². The van der Waals surface area contributed by atoms with E-state index in [1.807, 2.05) is 29.2 Å². The lowest BCUT2D eigenvalue weighted by molar-refractivity contribution is -0.137. The average molecular weight is 490 g/mol. The predicted molar refractivity (Wildman–Crippen MR) is 123 cm³/mol. The van der Waals surface area contributed by atoms with Gasteiger partial charge in [0.2, 0.25) is 0 Å². The fourth-order valence-electron chi connectivity index (χ4n) is 4.31. The molecule has 1 saturated heterocycles. The second-order valence-corrected chi connectivity index (χ2v) is 8.93. The van der Waals surface area contributed by atoms with Gasteiger partial charge >= 0.3 is 6.18 Å². The third-order valence-corrected chi connectivity index (χ3v) is 6.28. The minimum Gasteiger partial charge on any atom is -0.359 e. The van der Waals surface area contributed by atoms with Crippen molar-refractivity contribution in [2.45, 2.75) is 19.0 Å². The van der Waals surface area contributed by atoms with E-state index < -0.39 is 11.7 Å². The number of aryl methyl sites for hydroxylation is 1. The van der Waals surface area contributed by atoms with E-state index in [0.717, 1.165) is 17.8 Å². The highest BCUT2D eigenvalue weighted by molar-refractivity contribution is 6.30. The van der Waals surface area contributed by atoms with Crippen LogP contribution in [-0.2, 0) is 6.18 Å². The second kappa shape index (κ2) is 9.58. The SMILES string of the molecule is Cc1cc(C(=O)N2C[C@@H](CN(C)c3ccc(C(F)(F)F)cn3)[C@@H](c3ccc(Cl)cc3)C2)cnn1. The largest absolute Gasteiger partial charge is 0.417 e. The summed E-state index contributed by atoms with van der Waals surface area (Å²) in [6, 6.07) is 11.6. The van der Waals surface area contributed by atoms with E-state index in [1.54, 1.807) is 24.9 Å². The monoisotopic (exact) mass is 489 g/mol. The third-order valence-electron chi connectivity index (χ3n) is 6.02. The average Bonchev–Trinajstić information content (AvgIpc) is 3.22. The molecule has 0 spiro atoms. The van der Waals surface area contributed by atoms with Gasteiger partial charge in [-0.3, -0.25) is 4.79 Å². The third kappa shape index (κ3) is 5.30. The standard InChI is InChI=1S/C24H23ClF3N5O/c1-15-9-17(10-30-31-15)23(34)33-13-18(21(14-33)16-3-6-20(25)7-4-16)12-32(2)22-8-5-19(11-29-22)24(26,27)28/h3-11,18,21H,12-14H2,1-2H3/t18-,21-/m1/s1. The van der Waals surface area contributed by atoms with Gasteiger partial charge in [0, 0.05) is 49.7 Å². The molecule has 0 aliphatic carbocycles. The first kappa shape index (κ1) is 23.9. The number of amides is 1. The normalized spacial score (nSPS) is 18.2. The Labute approximate surface area is 200 Å². The summed E-state index contributed by atoms with van der Waals surface area (Å²) in [6.07, 6.45) is -2.14. The Morgan fingerprint density at radius 2 is 1.88 bits per heavy atom. The number of benzene rings is 1. The summed E-state index contributed by atoms with van der Waals surface area (Å²) in [7, 11) is 1.79. The minimum atomic E-state index is -4.43. The fourth-order valence-corrected chi connectivity index (χ4v) is 4.43. The Kier molecular flexibility index (Phi) is 6.74. The van der Waals surface area contributed by atoms with Gasteiger partial charge in [0.05, 0.1) is 23.0 Å². The molecule has 0 bridgehead atoms. The van der Waals surface area contributed by atoms with Crippen molar-refractivity contribution in [2.24, 2.45) is 5.92 Å². The van der Waals surface area contributed by atoms with Gasteiger partial charge in [-0.25, -0.2) is 4.98 Å². The molecule has 2 atom stereocenters. The van der Waals surface area contributed by atoms with E-state index in [2.05, 4.69) is 15.2 Å². The molecule has 1 aliphatic rings. The first-order valence-electron chi connectivity index (χ1n) is 10.7. The van der Waals surface area contributed by atoms with Crippen molar-refractivity contribution in [3.8, 4) is 0 Å². The zero-order valence-corrected chi connectivity index (χ0v) is 19.4. The molecule has 10 heteroatoms. The number of hydrogen-bond acceptors (Lipinski definition) is 5. The number of carbonyl (C=O) groups is 1. The molecule has 1 aromatic carbocycles. The van der Waals surface area contributed by atoms with Gasteiger partial charge in [-0.15, -0.1) is 0 Å². The van der Waals surface area contributed by atoms with E-state index in [0.29, 0.717) is 41.7 Å². The van der Waals surface area contributed by atoms with Gasteiger partial charge in [-0.2, -0.15) is 23.4 Å². The molecule has 0 unspecified atom stereocenters. The number of likely N-dealkylation sites (tertiary alicyclic amines) is 1. The maximum Gasteiger partial charge on any atom is 0.417 e. The highest BCUT2D eigenvalue weighted by Gasteiger charge is 2.37. The first-order chi connectivity index (χ1) is 16.1. The molecular weight excluding hydrogens is 467 g/mol. The number of carbonyl (C=O) groups excluding carboxylic acids is 1. The Bertz CT molecular complexity index is 1150. The topological polar surface area (TPSA) is 62.2 Å². The van der Waals surface area contributed by atoms with Crippen LogP contribution < -0.4 is 4.90 Å². The first-order valence-corrected chi connectivity index (χ1v) is 11.1. The maximum atomic E-state index is 13.2. The summed E-state index contributed by atoms with van der Waals surface area (Å²) >= 11 is 6.06. The van der Waals surface area contributed by atoms with Gasteiger partial charge in [-0.05, 0) is 42.8 Å². The Morgan fingerprint density at radius 1 is 1.15 bits per heavy atom. The molecule has 2 aromatic heterocycles. The van der Waals surface area contributed by atoms with E-state index >= 15 is 0 Å². The number of hydrogen-bond donors (Lipinski definition) is 0. The maximum absolute atomic E-state index is 13.2. The molecule has 6 nitrogen and oxygen atoms in total. The lowest BCUT2D eigenvalue weighted by Crippen LogP contribution is -2.32. The molecule has 0 N–H and O–H groups in total. The number of nitrogens with zero attached hydrogens (tertiary/aromatic N) is 5. The quantitative estimate of drug-likeness (QED) is 0.513. The highest BCUT2D eigenvalue weighted by atomic mass is 35.5. The molecule has 34 heavy (non-hydrogen) atoms. The molecule has 0 radical (unpaired) electrons. The molecule has 178 valence electrons. The predicted octanol–water partition coefficient (Wildman–Crippen LogP) is 4.84. The van der Waals surface area contributed by atoms with Crippen LogP contribution in [0.15, 0.2) is 54.9 Å². The molecule has 3 aromatic rings. The second-order valence-electron chi connectivity index (χ2n) is 8.50. The molecule has 1 aliphatic heterocycles.